The molecule has 3 unspecified atom stereocenters. The minimum Gasteiger partial charge on any atom is -0.394 e. The summed E-state index contributed by atoms with van der Waals surface area (Å²) >= 11 is 0. The zero-order valence-electron chi connectivity index (χ0n) is 12.9. The highest BCUT2D eigenvalue weighted by Crippen LogP contribution is 2.69. The predicted molar refractivity (Wildman–Crippen MR) is 77.4 cm³/mol. The van der Waals surface area contributed by atoms with Crippen LogP contribution in [-0.4, -0.2) is 21.9 Å². The molecule has 0 saturated heterocycles. The van der Waals surface area contributed by atoms with Crippen LogP contribution < -0.4 is 5.73 Å². The third-order valence-electron chi connectivity index (χ3n) is 6.06. The van der Waals surface area contributed by atoms with Gasteiger partial charge in [-0.2, -0.15) is 4.98 Å². The topological polar surface area (TPSA) is 85.2 Å². The molecule has 4 fully saturated rings. The first-order valence-corrected chi connectivity index (χ1v) is 8.06. The Hall–Kier alpha value is -0.940. The zero-order chi connectivity index (χ0) is 14.9. The molecule has 0 aromatic carbocycles. The number of hydrogen-bond acceptors (Lipinski definition) is 5. The van der Waals surface area contributed by atoms with Gasteiger partial charge in [-0.1, -0.05) is 19.0 Å². The summed E-state index contributed by atoms with van der Waals surface area (Å²) in [5.41, 5.74) is 6.72. The van der Waals surface area contributed by atoms with Gasteiger partial charge in [0.15, 0.2) is 5.82 Å². The molecule has 1 aromatic heterocycles. The Balaban J connectivity index is 1.72. The highest BCUT2D eigenvalue weighted by molar-refractivity contribution is 5.21. The van der Waals surface area contributed by atoms with E-state index in [1.54, 1.807) is 0 Å². The fourth-order valence-corrected chi connectivity index (χ4v) is 6.38. The highest BCUT2D eigenvalue weighted by Gasteiger charge is 2.62. The summed E-state index contributed by atoms with van der Waals surface area (Å²) in [5.74, 6) is 2.01. The normalized spacial score (nSPS) is 46.0. The fourth-order valence-electron chi connectivity index (χ4n) is 6.38. The second-order valence-electron chi connectivity index (χ2n) is 8.66. The lowest BCUT2D eigenvalue weighted by Crippen LogP contribution is -2.57. The van der Waals surface area contributed by atoms with Crippen molar-refractivity contribution in [1.29, 1.82) is 0 Å². The van der Waals surface area contributed by atoms with Crippen molar-refractivity contribution in [3.63, 3.8) is 0 Å². The number of hydrogen-bond donors (Lipinski definition) is 2. The summed E-state index contributed by atoms with van der Waals surface area (Å²) in [6, 6.07) is -0.564. The Labute approximate surface area is 125 Å². The van der Waals surface area contributed by atoms with E-state index in [2.05, 4.69) is 24.0 Å². The quantitative estimate of drug-likeness (QED) is 0.892. The van der Waals surface area contributed by atoms with Gasteiger partial charge in [-0.25, -0.2) is 0 Å². The Morgan fingerprint density at radius 2 is 1.90 bits per heavy atom. The third kappa shape index (κ3) is 1.97. The maximum absolute atomic E-state index is 9.16. The lowest BCUT2D eigenvalue weighted by molar-refractivity contribution is -0.113. The highest BCUT2D eigenvalue weighted by atomic mass is 16.5. The average molecular weight is 291 g/mol. The van der Waals surface area contributed by atoms with Crippen LogP contribution >= 0.6 is 0 Å². The van der Waals surface area contributed by atoms with E-state index in [0.29, 0.717) is 16.7 Å². The number of aliphatic hydroxyl groups excluding tert-OH is 1. The summed E-state index contributed by atoms with van der Waals surface area (Å²) in [4.78, 5) is 4.57. The Morgan fingerprint density at radius 3 is 2.48 bits per heavy atom. The minimum absolute atomic E-state index is 0.0693. The maximum atomic E-state index is 9.16. The molecule has 5 nitrogen and oxygen atoms in total. The molecule has 4 aliphatic rings. The van der Waals surface area contributed by atoms with Crippen molar-refractivity contribution in [2.24, 2.45) is 22.5 Å². The molecule has 0 aliphatic heterocycles. The third-order valence-corrected chi connectivity index (χ3v) is 6.06. The van der Waals surface area contributed by atoms with Crippen molar-refractivity contribution >= 4 is 0 Å². The van der Waals surface area contributed by atoms with Crippen molar-refractivity contribution < 1.29 is 9.63 Å². The van der Waals surface area contributed by atoms with Gasteiger partial charge in [-0.15, -0.1) is 0 Å². The number of aliphatic hydroxyl groups is 1. The minimum atomic E-state index is -0.564. The van der Waals surface area contributed by atoms with Crippen LogP contribution in [0, 0.1) is 16.7 Å². The van der Waals surface area contributed by atoms with Gasteiger partial charge in [-0.3, -0.25) is 0 Å². The summed E-state index contributed by atoms with van der Waals surface area (Å²) in [7, 11) is 0. The number of nitrogens with zero attached hydrogens (tertiary/aromatic N) is 2. The lowest BCUT2D eigenvalue weighted by Gasteiger charge is -2.64. The van der Waals surface area contributed by atoms with E-state index >= 15 is 0 Å². The van der Waals surface area contributed by atoms with Crippen molar-refractivity contribution in [3.8, 4) is 0 Å². The fraction of sp³-hybridized carbons (Fsp3) is 0.875. The van der Waals surface area contributed by atoms with Crippen LogP contribution in [-0.2, 0) is 5.41 Å². The first-order valence-electron chi connectivity index (χ1n) is 8.06. The number of nitrogens with two attached hydrogens (primary N) is 1. The molecule has 0 spiro atoms. The Morgan fingerprint density at radius 1 is 1.24 bits per heavy atom. The average Bonchev–Trinajstić information content (AvgIpc) is 2.83. The standard InChI is InChI=1S/C16H25N3O2/c1-14-3-10-4-15(2,7-14)9-16(5-10,8-14)13-18-12(21-19-13)11(17)6-20/h10-11,20H,3-9,17H2,1-2H3. The van der Waals surface area contributed by atoms with Crippen LogP contribution in [0.1, 0.15) is 70.1 Å². The van der Waals surface area contributed by atoms with Crippen LogP contribution in [0.15, 0.2) is 4.52 Å². The van der Waals surface area contributed by atoms with Crippen LogP contribution in [0.25, 0.3) is 0 Å². The molecule has 4 saturated carbocycles. The van der Waals surface area contributed by atoms with Crippen LogP contribution in [0.4, 0.5) is 0 Å². The number of rotatable bonds is 3. The zero-order valence-corrected chi connectivity index (χ0v) is 12.9. The van der Waals surface area contributed by atoms with E-state index in [1.165, 1.54) is 38.5 Å². The summed E-state index contributed by atoms with van der Waals surface area (Å²) < 4.78 is 5.33. The Kier molecular flexibility index (Phi) is 2.66. The van der Waals surface area contributed by atoms with Gasteiger partial charge >= 0.3 is 0 Å². The van der Waals surface area contributed by atoms with Gasteiger partial charge < -0.3 is 15.4 Å². The first-order chi connectivity index (χ1) is 9.85. The largest absolute Gasteiger partial charge is 0.394 e. The van der Waals surface area contributed by atoms with Gasteiger partial charge in [0.05, 0.1) is 6.61 Å². The summed E-state index contributed by atoms with van der Waals surface area (Å²) in [6.45, 7) is 4.71. The molecule has 0 amide bonds. The van der Waals surface area contributed by atoms with Crippen LogP contribution in [0.2, 0.25) is 0 Å². The first kappa shape index (κ1) is 13.7. The van der Waals surface area contributed by atoms with Crippen LogP contribution in [0.5, 0.6) is 0 Å². The molecule has 3 atom stereocenters. The summed E-state index contributed by atoms with van der Waals surface area (Å²) in [6.07, 6.45) is 7.56. The van der Waals surface area contributed by atoms with E-state index in [4.69, 9.17) is 15.4 Å². The molecule has 4 aliphatic carbocycles. The van der Waals surface area contributed by atoms with E-state index in [1.807, 2.05) is 0 Å². The van der Waals surface area contributed by atoms with Crippen molar-refractivity contribution in [2.45, 2.75) is 63.8 Å². The molecule has 5 heteroatoms. The van der Waals surface area contributed by atoms with E-state index in [9.17, 15) is 0 Å². The molecule has 116 valence electrons. The van der Waals surface area contributed by atoms with Gasteiger partial charge in [0.1, 0.15) is 6.04 Å². The molecule has 21 heavy (non-hydrogen) atoms. The molecule has 1 aromatic rings. The number of aromatic nitrogens is 2. The smallest absolute Gasteiger partial charge is 0.245 e. The second-order valence-corrected chi connectivity index (χ2v) is 8.66. The molecule has 3 N–H and O–H groups in total. The maximum Gasteiger partial charge on any atom is 0.245 e. The monoisotopic (exact) mass is 291 g/mol. The van der Waals surface area contributed by atoms with Crippen molar-refractivity contribution in [2.75, 3.05) is 6.61 Å². The van der Waals surface area contributed by atoms with Gasteiger partial charge in [0, 0.05) is 5.41 Å². The Bertz CT molecular complexity index is 552. The predicted octanol–water partition coefficient (Wildman–Crippen LogP) is 2.31. The van der Waals surface area contributed by atoms with Crippen LogP contribution in [0.3, 0.4) is 0 Å². The SMILES string of the molecule is CC12CC3CC(C)(C1)CC(c1noc(C(N)CO)n1)(C3)C2. The van der Waals surface area contributed by atoms with Crippen molar-refractivity contribution in [1.82, 2.24) is 10.1 Å². The van der Waals surface area contributed by atoms with E-state index in [-0.39, 0.29) is 12.0 Å². The molecule has 0 radical (unpaired) electrons. The van der Waals surface area contributed by atoms with Gasteiger partial charge in [0.2, 0.25) is 5.89 Å². The molecule has 5 rings (SSSR count). The molecule has 4 bridgehead atoms. The van der Waals surface area contributed by atoms with E-state index < -0.39 is 6.04 Å². The second kappa shape index (κ2) is 4.07. The summed E-state index contributed by atoms with van der Waals surface area (Å²) in [5, 5.41) is 13.4. The molecular formula is C16H25N3O2. The molecule has 1 heterocycles. The molecular weight excluding hydrogens is 266 g/mol. The van der Waals surface area contributed by atoms with E-state index in [0.717, 1.165) is 11.7 Å². The van der Waals surface area contributed by atoms with Gasteiger partial charge in [0.25, 0.3) is 0 Å². The van der Waals surface area contributed by atoms with Crippen molar-refractivity contribution in [3.05, 3.63) is 11.7 Å². The van der Waals surface area contributed by atoms with Gasteiger partial charge in [-0.05, 0) is 55.3 Å². The lowest BCUT2D eigenvalue weighted by atomic mass is 9.40.